The monoisotopic (exact) mass is 267 g/mol. The molecule has 1 aliphatic carbocycles. The molecule has 0 saturated heterocycles. The predicted octanol–water partition coefficient (Wildman–Crippen LogP) is 2.40. The zero-order chi connectivity index (χ0) is 13.7. The lowest BCUT2D eigenvalue weighted by Crippen LogP contribution is -2.29. The largest absolute Gasteiger partial charge is 0.370 e. The molecule has 108 valence electrons. The van der Waals surface area contributed by atoms with E-state index in [0.717, 1.165) is 37.9 Å². The molecule has 1 aromatic heterocycles. The highest BCUT2D eigenvalue weighted by atomic mass is 16.5. The second-order valence-corrected chi connectivity index (χ2v) is 5.67. The fourth-order valence-corrected chi connectivity index (χ4v) is 2.72. The van der Waals surface area contributed by atoms with E-state index in [4.69, 9.17) is 15.0 Å². The van der Waals surface area contributed by atoms with Gasteiger partial charge in [-0.3, -0.25) is 0 Å². The number of nitrogens with zero attached hydrogens (tertiary/aromatic N) is 2. The Morgan fingerprint density at radius 3 is 2.58 bits per heavy atom. The molecule has 5 nitrogen and oxygen atoms in total. The van der Waals surface area contributed by atoms with Crippen LogP contribution in [0.15, 0.2) is 4.52 Å². The van der Waals surface area contributed by atoms with Crippen molar-refractivity contribution in [1.82, 2.24) is 10.1 Å². The summed E-state index contributed by atoms with van der Waals surface area (Å²) in [5.41, 5.74) is 5.28. The Morgan fingerprint density at radius 2 is 2.00 bits per heavy atom. The predicted molar refractivity (Wildman–Crippen MR) is 72.6 cm³/mol. The first-order valence-electron chi connectivity index (χ1n) is 7.28. The van der Waals surface area contributed by atoms with Crippen molar-refractivity contribution in [3.05, 3.63) is 11.7 Å². The summed E-state index contributed by atoms with van der Waals surface area (Å²) in [5.74, 6) is 1.76. The quantitative estimate of drug-likeness (QED) is 0.829. The van der Waals surface area contributed by atoms with Gasteiger partial charge in [-0.15, -0.1) is 0 Å². The van der Waals surface area contributed by atoms with Gasteiger partial charge in [0.15, 0.2) is 0 Å². The molecule has 19 heavy (non-hydrogen) atoms. The van der Waals surface area contributed by atoms with Crippen LogP contribution in [0.1, 0.15) is 57.2 Å². The van der Waals surface area contributed by atoms with Crippen LogP contribution in [0, 0.1) is 5.92 Å². The molecule has 0 aliphatic heterocycles. The molecule has 0 spiro atoms. The molecule has 1 atom stereocenters. The zero-order valence-corrected chi connectivity index (χ0v) is 12.0. The van der Waals surface area contributed by atoms with E-state index in [1.165, 1.54) is 12.8 Å². The van der Waals surface area contributed by atoms with Crippen molar-refractivity contribution < 1.29 is 9.26 Å². The zero-order valence-electron chi connectivity index (χ0n) is 12.0. The van der Waals surface area contributed by atoms with Crippen molar-refractivity contribution >= 4 is 0 Å². The van der Waals surface area contributed by atoms with Crippen molar-refractivity contribution in [2.45, 2.75) is 57.5 Å². The smallest absolute Gasteiger partial charge is 0.227 e. The number of nitrogens with two attached hydrogens (primary N) is 1. The molecule has 1 aliphatic rings. The lowest BCUT2D eigenvalue weighted by atomic mass is 9.93. The summed E-state index contributed by atoms with van der Waals surface area (Å²) < 4.78 is 11.1. The van der Waals surface area contributed by atoms with E-state index in [9.17, 15) is 0 Å². The number of hydrogen-bond acceptors (Lipinski definition) is 5. The van der Waals surface area contributed by atoms with Crippen LogP contribution in [0.4, 0.5) is 0 Å². The number of rotatable bonds is 5. The van der Waals surface area contributed by atoms with Gasteiger partial charge in [0, 0.05) is 13.5 Å². The summed E-state index contributed by atoms with van der Waals surface area (Å²) in [6.45, 7) is 2.72. The van der Waals surface area contributed by atoms with E-state index in [1.807, 2.05) is 0 Å². The summed E-state index contributed by atoms with van der Waals surface area (Å²) >= 11 is 0. The lowest BCUT2D eigenvalue weighted by Gasteiger charge is -2.27. The molecule has 1 unspecified atom stereocenters. The first-order valence-corrected chi connectivity index (χ1v) is 7.28. The minimum Gasteiger partial charge on any atom is -0.370 e. The highest BCUT2D eigenvalue weighted by molar-refractivity contribution is 5.03. The third-order valence-electron chi connectivity index (χ3n) is 4.10. The Balaban J connectivity index is 2.14. The fourth-order valence-electron chi connectivity index (χ4n) is 2.72. The van der Waals surface area contributed by atoms with Crippen molar-refractivity contribution in [2.75, 3.05) is 13.7 Å². The van der Waals surface area contributed by atoms with Gasteiger partial charge < -0.3 is 15.0 Å². The summed E-state index contributed by atoms with van der Waals surface area (Å²) in [6, 6.07) is 0. The van der Waals surface area contributed by atoms with Gasteiger partial charge in [-0.2, -0.15) is 4.98 Å². The fraction of sp³-hybridized carbons (Fsp3) is 0.857. The molecule has 2 rings (SSSR count). The highest BCUT2D eigenvalue weighted by Crippen LogP contribution is 2.37. The Morgan fingerprint density at radius 1 is 1.32 bits per heavy atom. The van der Waals surface area contributed by atoms with Crippen LogP contribution in [0.3, 0.4) is 0 Å². The van der Waals surface area contributed by atoms with Gasteiger partial charge in [-0.1, -0.05) is 37.8 Å². The standard InChI is InChI=1S/C14H25N3O2/c1-11(10-15)9-12-16-13(17-19-12)14(18-2)7-5-3-4-6-8-14/h11H,3-10,15H2,1-2H3. The molecule has 1 fully saturated rings. The van der Waals surface area contributed by atoms with Crippen LogP contribution in [-0.4, -0.2) is 23.8 Å². The van der Waals surface area contributed by atoms with Gasteiger partial charge in [0.25, 0.3) is 0 Å². The topological polar surface area (TPSA) is 74.2 Å². The van der Waals surface area contributed by atoms with Gasteiger partial charge in [0.05, 0.1) is 0 Å². The molecular weight excluding hydrogens is 242 g/mol. The van der Waals surface area contributed by atoms with Crippen LogP contribution in [0.25, 0.3) is 0 Å². The lowest BCUT2D eigenvalue weighted by molar-refractivity contribution is -0.0365. The summed E-state index contributed by atoms with van der Waals surface area (Å²) in [4.78, 5) is 4.55. The number of ether oxygens (including phenoxy) is 1. The molecule has 0 bridgehead atoms. The van der Waals surface area contributed by atoms with Crippen molar-refractivity contribution in [3.8, 4) is 0 Å². The molecule has 5 heteroatoms. The molecule has 0 amide bonds. The van der Waals surface area contributed by atoms with Crippen LogP contribution in [0.2, 0.25) is 0 Å². The number of methoxy groups -OCH3 is 1. The average Bonchev–Trinajstić information content (AvgIpc) is 2.76. The molecule has 2 N–H and O–H groups in total. The first-order chi connectivity index (χ1) is 9.20. The normalized spacial score (nSPS) is 21.0. The van der Waals surface area contributed by atoms with Crippen molar-refractivity contribution in [1.29, 1.82) is 0 Å². The van der Waals surface area contributed by atoms with E-state index in [0.29, 0.717) is 18.4 Å². The summed E-state index contributed by atoms with van der Waals surface area (Å²) in [7, 11) is 1.75. The van der Waals surface area contributed by atoms with Gasteiger partial charge >= 0.3 is 0 Å². The maximum Gasteiger partial charge on any atom is 0.227 e. The van der Waals surface area contributed by atoms with E-state index in [-0.39, 0.29) is 5.60 Å². The molecule has 0 radical (unpaired) electrons. The average molecular weight is 267 g/mol. The van der Waals surface area contributed by atoms with Gasteiger partial charge in [-0.05, 0) is 25.3 Å². The Labute approximate surface area is 114 Å². The summed E-state index contributed by atoms with van der Waals surface area (Å²) in [5, 5.41) is 4.16. The molecule has 1 aromatic rings. The van der Waals surface area contributed by atoms with Gasteiger partial charge in [0.1, 0.15) is 5.60 Å². The van der Waals surface area contributed by atoms with E-state index in [1.54, 1.807) is 7.11 Å². The van der Waals surface area contributed by atoms with Crippen LogP contribution >= 0.6 is 0 Å². The Hall–Kier alpha value is -0.940. The second kappa shape index (κ2) is 6.48. The van der Waals surface area contributed by atoms with Crippen molar-refractivity contribution in [2.24, 2.45) is 11.7 Å². The molecule has 1 heterocycles. The minimum absolute atomic E-state index is 0.343. The summed E-state index contributed by atoms with van der Waals surface area (Å²) in [6.07, 6.45) is 7.56. The van der Waals surface area contributed by atoms with Crippen LogP contribution in [0.5, 0.6) is 0 Å². The van der Waals surface area contributed by atoms with Crippen LogP contribution < -0.4 is 5.73 Å². The Kier molecular flexibility index (Phi) is 4.93. The molecule has 0 aromatic carbocycles. The third-order valence-corrected chi connectivity index (χ3v) is 4.10. The highest BCUT2D eigenvalue weighted by Gasteiger charge is 2.37. The van der Waals surface area contributed by atoms with E-state index in [2.05, 4.69) is 17.1 Å². The molecular formula is C14H25N3O2. The number of hydrogen-bond donors (Lipinski definition) is 1. The SMILES string of the molecule is COC1(c2noc(CC(C)CN)n2)CCCCCC1. The van der Waals surface area contributed by atoms with Crippen molar-refractivity contribution in [3.63, 3.8) is 0 Å². The maximum atomic E-state index is 5.78. The van der Waals surface area contributed by atoms with E-state index < -0.39 is 0 Å². The van der Waals surface area contributed by atoms with Gasteiger partial charge in [-0.25, -0.2) is 0 Å². The molecule has 1 saturated carbocycles. The third kappa shape index (κ3) is 3.34. The minimum atomic E-state index is -0.343. The van der Waals surface area contributed by atoms with Crippen LogP contribution in [-0.2, 0) is 16.8 Å². The Bertz CT molecular complexity index is 384. The number of aromatic nitrogens is 2. The second-order valence-electron chi connectivity index (χ2n) is 5.67. The van der Waals surface area contributed by atoms with Gasteiger partial charge in [0.2, 0.25) is 11.7 Å². The first kappa shape index (κ1) is 14.5. The maximum absolute atomic E-state index is 5.78. The van der Waals surface area contributed by atoms with E-state index >= 15 is 0 Å².